The van der Waals surface area contributed by atoms with Crippen LogP contribution in [0, 0.1) is 6.92 Å². The average molecular weight is 252 g/mol. The molecule has 0 saturated carbocycles. The number of carbonyl (C=O) groups is 1. The van der Waals surface area contributed by atoms with E-state index < -0.39 is 0 Å². The first kappa shape index (κ1) is 11.4. The molecule has 0 bridgehead atoms. The minimum absolute atomic E-state index is 0.799. The summed E-state index contributed by atoms with van der Waals surface area (Å²) in [6, 6.07) is 1.96. The Balaban J connectivity index is 2.07. The second-order valence-corrected chi connectivity index (χ2v) is 5.69. The number of hydrogen-bond donors (Lipinski definition) is 0. The first-order chi connectivity index (χ1) is 7.70. The van der Waals surface area contributed by atoms with Gasteiger partial charge in [-0.3, -0.25) is 4.79 Å². The van der Waals surface area contributed by atoms with Crippen LogP contribution in [0.4, 0.5) is 0 Å². The fraction of sp³-hybridized carbons (Fsp3) is 0.273. The lowest BCUT2D eigenvalue weighted by molar-refractivity contribution is 0.112. The maximum Gasteiger partial charge on any atom is 0.167 e. The standard InChI is InChI=1S/C11H12N2OS2/c1-8-9(5-10(6-14)16-8)7-15-11-12-3-4-13(11)2/h3-6H,7H2,1-2H3. The Morgan fingerprint density at radius 2 is 2.44 bits per heavy atom. The number of aromatic nitrogens is 2. The van der Waals surface area contributed by atoms with Crippen LogP contribution in [-0.2, 0) is 12.8 Å². The number of aldehydes is 1. The summed E-state index contributed by atoms with van der Waals surface area (Å²) in [6.45, 7) is 2.05. The molecular formula is C11H12N2OS2. The second kappa shape index (κ2) is 4.84. The van der Waals surface area contributed by atoms with E-state index in [1.807, 2.05) is 30.8 Å². The molecule has 16 heavy (non-hydrogen) atoms. The van der Waals surface area contributed by atoms with Gasteiger partial charge in [0.25, 0.3) is 0 Å². The second-order valence-electron chi connectivity index (χ2n) is 3.46. The molecule has 0 N–H and O–H groups in total. The van der Waals surface area contributed by atoms with E-state index >= 15 is 0 Å². The van der Waals surface area contributed by atoms with Crippen LogP contribution in [0.5, 0.6) is 0 Å². The molecule has 2 aromatic rings. The number of thiophene rings is 1. The van der Waals surface area contributed by atoms with Crippen molar-refractivity contribution in [1.29, 1.82) is 0 Å². The zero-order valence-corrected chi connectivity index (χ0v) is 10.8. The smallest absolute Gasteiger partial charge is 0.167 e. The summed E-state index contributed by atoms with van der Waals surface area (Å²) in [5.74, 6) is 0.862. The maximum atomic E-state index is 10.6. The van der Waals surface area contributed by atoms with Gasteiger partial charge in [-0.25, -0.2) is 4.98 Å². The van der Waals surface area contributed by atoms with Crippen LogP contribution in [0.2, 0.25) is 0 Å². The van der Waals surface area contributed by atoms with E-state index in [4.69, 9.17) is 0 Å². The molecular weight excluding hydrogens is 240 g/mol. The molecule has 3 nitrogen and oxygen atoms in total. The Labute approximate surface area is 103 Å². The van der Waals surface area contributed by atoms with Crippen LogP contribution in [0.1, 0.15) is 20.1 Å². The van der Waals surface area contributed by atoms with E-state index in [9.17, 15) is 4.79 Å². The van der Waals surface area contributed by atoms with Crippen LogP contribution in [-0.4, -0.2) is 15.8 Å². The number of carbonyl (C=O) groups excluding carboxylic acids is 1. The van der Waals surface area contributed by atoms with Crippen LogP contribution >= 0.6 is 23.1 Å². The molecule has 0 spiro atoms. The molecule has 2 heterocycles. The van der Waals surface area contributed by atoms with Gasteiger partial charge >= 0.3 is 0 Å². The summed E-state index contributed by atoms with van der Waals surface area (Å²) in [4.78, 5) is 16.9. The molecule has 2 rings (SSSR count). The minimum Gasteiger partial charge on any atom is -0.329 e. The largest absolute Gasteiger partial charge is 0.329 e. The van der Waals surface area contributed by atoms with E-state index in [1.165, 1.54) is 10.4 Å². The highest BCUT2D eigenvalue weighted by atomic mass is 32.2. The summed E-state index contributed by atoms with van der Waals surface area (Å²) in [7, 11) is 1.98. The lowest BCUT2D eigenvalue weighted by Gasteiger charge is -2.00. The van der Waals surface area contributed by atoms with Gasteiger partial charge in [-0.1, -0.05) is 11.8 Å². The fourth-order valence-corrected chi connectivity index (χ4v) is 3.32. The highest BCUT2D eigenvalue weighted by molar-refractivity contribution is 7.98. The molecule has 0 aliphatic heterocycles. The van der Waals surface area contributed by atoms with E-state index in [0.29, 0.717) is 0 Å². The third-order valence-electron chi connectivity index (χ3n) is 2.29. The van der Waals surface area contributed by atoms with Crippen LogP contribution in [0.15, 0.2) is 23.6 Å². The molecule has 0 atom stereocenters. The van der Waals surface area contributed by atoms with E-state index in [2.05, 4.69) is 4.98 Å². The van der Waals surface area contributed by atoms with E-state index in [1.54, 1.807) is 29.3 Å². The third-order valence-corrected chi connectivity index (χ3v) is 4.41. The van der Waals surface area contributed by atoms with Crippen molar-refractivity contribution >= 4 is 29.4 Å². The molecule has 0 radical (unpaired) electrons. The highest BCUT2D eigenvalue weighted by Crippen LogP contribution is 2.27. The van der Waals surface area contributed by atoms with Gasteiger partial charge in [-0.15, -0.1) is 11.3 Å². The van der Waals surface area contributed by atoms with Crippen molar-refractivity contribution in [3.63, 3.8) is 0 Å². The van der Waals surface area contributed by atoms with Crippen LogP contribution in [0.25, 0.3) is 0 Å². The summed E-state index contributed by atoms with van der Waals surface area (Å²) >= 11 is 3.23. The summed E-state index contributed by atoms with van der Waals surface area (Å²) in [6.07, 6.45) is 4.63. The Morgan fingerprint density at radius 1 is 1.62 bits per heavy atom. The maximum absolute atomic E-state index is 10.6. The van der Waals surface area contributed by atoms with Gasteiger partial charge in [0, 0.05) is 30.1 Å². The first-order valence-electron chi connectivity index (χ1n) is 4.85. The number of imidazole rings is 1. The average Bonchev–Trinajstić information content (AvgIpc) is 2.82. The number of aryl methyl sites for hydroxylation is 2. The van der Waals surface area contributed by atoms with E-state index in [0.717, 1.165) is 22.1 Å². The first-order valence-corrected chi connectivity index (χ1v) is 6.65. The Bertz CT molecular complexity index is 502. The van der Waals surface area contributed by atoms with Crippen molar-refractivity contribution in [2.24, 2.45) is 7.05 Å². The van der Waals surface area contributed by atoms with Crippen molar-refractivity contribution in [2.75, 3.05) is 0 Å². The number of thioether (sulfide) groups is 1. The van der Waals surface area contributed by atoms with Crippen LogP contribution < -0.4 is 0 Å². The van der Waals surface area contributed by atoms with Gasteiger partial charge in [0.1, 0.15) is 0 Å². The third kappa shape index (κ3) is 2.36. The minimum atomic E-state index is 0.799. The topological polar surface area (TPSA) is 34.9 Å². The fourth-order valence-electron chi connectivity index (χ4n) is 1.38. The highest BCUT2D eigenvalue weighted by Gasteiger charge is 2.07. The molecule has 0 aliphatic carbocycles. The molecule has 5 heteroatoms. The van der Waals surface area contributed by atoms with Gasteiger partial charge in [-0.05, 0) is 18.6 Å². The predicted molar refractivity (Wildman–Crippen MR) is 67.2 cm³/mol. The predicted octanol–water partition coefficient (Wildman–Crippen LogP) is 2.89. The van der Waals surface area contributed by atoms with Crippen molar-refractivity contribution in [1.82, 2.24) is 9.55 Å². The molecule has 0 aliphatic rings. The van der Waals surface area contributed by atoms with Crippen LogP contribution in [0.3, 0.4) is 0 Å². The molecule has 0 aromatic carbocycles. The van der Waals surface area contributed by atoms with Crippen molar-refractivity contribution in [3.05, 3.63) is 33.8 Å². The molecule has 84 valence electrons. The number of nitrogens with zero attached hydrogens (tertiary/aromatic N) is 2. The van der Waals surface area contributed by atoms with Gasteiger partial charge in [0.05, 0.1) is 4.88 Å². The molecule has 0 unspecified atom stereocenters. The van der Waals surface area contributed by atoms with Crippen molar-refractivity contribution in [3.8, 4) is 0 Å². The van der Waals surface area contributed by atoms with E-state index in [-0.39, 0.29) is 0 Å². The van der Waals surface area contributed by atoms with Gasteiger partial charge in [0.2, 0.25) is 0 Å². The van der Waals surface area contributed by atoms with Crippen molar-refractivity contribution < 1.29 is 4.79 Å². The SMILES string of the molecule is Cc1sc(C=O)cc1CSc1nccn1C. The Morgan fingerprint density at radius 3 is 3.00 bits per heavy atom. The van der Waals surface area contributed by atoms with Gasteiger partial charge in [0.15, 0.2) is 11.4 Å². The number of rotatable bonds is 4. The number of hydrogen-bond acceptors (Lipinski definition) is 4. The summed E-state index contributed by atoms with van der Waals surface area (Å²) in [5.41, 5.74) is 1.22. The molecule has 0 fully saturated rings. The van der Waals surface area contributed by atoms with Crippen molar-refractivity contribution in [2.45, 2.75) is 17.8 Å². The monoisotopic (exact) mass is 252 g/mol. The Kier molecular flexibility index (Phi) is 3.46. The van der Waals surface area contributed by atoms with Gasteiger partial charge in [-0.2, -0.15) is 0 Å². The summed E-state index contributed by atoms with van der Waals surface area (Å²) < 4.78 is 1.99. The quantitative estimate of drug-likeness (QED) is 0.620. The molecule has 0 amide bonds. The molecule has 2 aromatic heterocycles. The Hall–Kier alpha value is -1.07. The lowest BCUT2D eigenvalue weighted by atomic mass is 10.3. The molecule has 0 saturated heterocycles. The zero-order valence-electron chi connectivity index (χ0n) is 9.14. The van der Waals surface area contributed by atoms with Gasteiger partial charge < -0.3 is 4.57 Å². The lowest BCUT2D eigenvalue weighted by Crippen LogP contribution is -1.89. The summed E-state index contributed by atoms with van der Waals surface area (Å²) in [5, 5.41) is 0.998. The normalized spacial score (nSPS) is 10.6. The zero-order chi connectivity index (χ0) is 11.5.